The molecule has 0 spiro atoms. The van der Waals surface area contributed by atoms with Crippen LogP contribution in [0.2, 0.25) is 5.02 Å². The van der Waals surface area contributed by atoms with Crippen molar-refractivity contribution in [1.29, 1.82) is 0 Å². The second-order valence-electron chi connectivity index (χ2n) is 4.40. The topological polar surface area (TPSA) is 21.3 Å². The monoisotopic (exact) mass is 239 g/mol. The van der Waals surface area contributed by atoms with Crippen molar-refractivity contribution in [1.82, 2.24) is 0 Å². The van der Waals surface area contributed by atoms with E-state index in [1.807, 2.05) is 24.3 Å². The molecule has 1 aliphatic heterocycles. The Labute approximate surface area is 102 Å². The van der Waals surface area contributed by atoms with Gasteiger partial charge in [-0.3, -0.25) is 0 Å². The summed E-state index contributed by atoms with van der Waals surface area (Å²) in [6, 6.07) is 8.24. The number of rotatable bonds is 4. The zero-order valence-corrected chi connectivity index (χ0v) is 10.3. The molecule has 1 aromatic carbocycles. The van der Waals surface area contributed by atoms with Crippen molar-refractivity contribution in [2.45, 2.75) is 38.3 Å². The van der Waals surface area contributed by atoms with E-state index < -0.39 is 0 Å². The molecular formula is C13H18ClNO. The van der Waals surface area contributed by atoms with E-state index in [4.69, 9.17) is 16.3 Å². The summed E-state index contributed by atoms with van der Waals surface area (Å²) >= 11 is 6.09. The van der Waals surface area contributed by atoms with Crippen LogP contribution in [0.25, 0.3) is 0 Å². The van der Waals surface area contributed by atoms with Crippen molar-refractivity contribution in [3.63, 3.8) is 0 Å². The van der Waals surface area contributed by atoms with Crippen LogP contribution in [0, 0.1) is 0 Å². The zero-order chi connectivity index (χ0) is 11.4. The molecule has 1 heterocycles. The van der Waals surface area contributed by atoms with Gasteiger partial charge in [0.15, 0.2) is 0 Å². The average Bonchev–Trinajstić information content (AvgIpc) is 2.74. The molecule has 1 aromatic rings. The lowest BCUT2D eigenvalue weighted by atomic mass is 10.1. The molecular weight excluding hydrogens is 222 g/mol. The summed E-state index contributed by atoms with van der Waals surface area (Å²) in [5, 5.41) is 4.20. The van der Waals surface area contributed by atoms with Gasteiger partial charge in [0.1, 0.15) is 0 Å². The van der Waals surface area contributed by atoms with Gasteiger partial charge in [-0.25, -0.2) is 0 Å². The Bertz CT molecular complexity index is 336. The minimum atomic E-state index is 0.392. The first-order chi connectivity index (χ1) is 7.75. The second-order valence-corrected chi connectivity index (χ2v) is 4.80. The van der Waals surface area contributed by atoms with Crippen molar-refractivity contribution in [3.8, 4) is 0 Å². The molecule has 16 heavy (non-hydrogen) atoms. The molecule has 0 aliphatic carbocycles. The van der Waals surface area contributed by atoms with Crippen molar-refractivity contribution in [2.75, 3.05) is 11.9 Å². The van der Waals surface area contributed by atoms with E-state index in [0.717, 1.165) is 23.7 Å². The minimum absolute atomic E-state index is 0.392. The van der Waals surface area contributed by atoms with Crippen LogP contribution in [0.4, 0.5) is 5.69 Å². The fourth-order valence-electron chi connectivity index (χ4n) is 2.13. The minimum Gasteiger partial charge on any atom is -0.381 e. The lowest BCUT2D eigenvalue weighted by Gasteiger charge is -2.19. The van der Waals surface area contributed by atoms with E-state index in [2.05, 4.69) is 12.2 Å². The van der Waals surface area contributed by atoms with Crippen LogP contribution in [0.1, 0.15) is 26.2 Å². The summed E-state index contributed by atoms with van der Waals surface area (Å²) in [5.74, 6) is 0. The summed E-state index contributed by atoms with van der Waals surface area (Å²) in [5.41, 5.74) is 1.01. The molecule has 1 saturated heterocycles. The lowest BCUT2D eigenvalue weighted by Crippen LogP contribution is -2.22. The zero-order valence-electron chi connectivity index (χ0n) is 9.58. The van der Waals surface area contributed by atoms with E-state index in [9.17, 15) is 0 Å². The summed E-state index contributed by atoms with van der Waals surface area (Å²) in [6.45, 7) is 3.09. The van der Waals surface area contributed by atoms with Crippen molar-refractivity contribution < 1.29 is 4.74 Å². The van der Waals surface area contributed by atoms with Gasteiger partial charge in [-0.05, 0) is 38.3 Å². The lowest BCUT2D eigenvalue weighted by molar-refractivity contribution is 0.101. The molecule has 1 aliphatic rings. The number of hydrogen-bond acceptors (Lipinski definition) is 2. The highest BCUT2D eigenvalue weighted by molar-refractivity contribution is 6.33. The van der Waals surface area contributed by atoms with Gasteiger partial charge in [-0.2, -0.15) is 0 Å². The fraction of sp³-hybridized carbons (Fsp3) is 0.538. The molecule has 1 fully saturated rings. The molecule has 1 N–H and O–H groups in total. The first-order valence-electron chi connectivity index (χ1n) is 5.88. The van der Waals surface area contributed by atoms with Gasteiger partial charge in [0.05, 0.1) is 16.8 Å². The third kappa shape index (κ3) is 3.13. The Kier molecular flexibility index (Phi) is 4.08. The molecule has 3 heteroatoms. The predicted molar refractivity (Wildman–Crippen MR) is 68.1 cm³/mol. The van der Waals surface area contributed by atoms with E-state index in [1.165, 1.54) is 12.8 Å². The molecule has 0 amide bonds. The van der Waals surface area contributed by atoms with E-state index >= 15 is 0 Å². The maximum atomic E-state index is 6.09. The number of ether oxygens (including phenoxy) is 1. The van der Waals surface area contributed by atoms with Crippen LogP contribution >= 0.6 is 11.6 Å². The Morgan fingerprint density at radius 3 is 3.00 bits per heavy atom. The average molecular weight is 240 g/mol. The number of halogens is 1. The smallest absolute Gasteiger partial charge is 0.0637 e. The molecule has 0 bridgehead atoms. The number of benzene rings is 1. The summed E-state index contributed by atoms with van der Waals surface area (Å²) in [7, 11) is 0. The molecule has 2 atom stereocenters. The van der Waals surface area contributed by atoms with Crippen LogP contribution < -0.4 is 5.32 Å². The van der Waals surface area contributed by atoms with Crippen LogP contribution in [-0.2, 0) is 4.74 Å². The van der Waals surface area contributed by atoms with Crippen molar-refractivity contribution >= 4 is 17.3 Å². The molecule has 2 nitrogen and oxygen atoms in total. The molecule has 0 radical (unpaired) electrons. The van der Waals surface area contributed by atoms with E-state index in [0.29, 0.717) is 12.1 Å². The first kappa shape index (κ1) is 11.7. The summed E-state index contributed by atoms with van der Waals surface area (Å²) in [4.78, 5) is 0. The van der Waals surface area contributed by atoms with Gasteiger partial charge in [0.25, 0.3) is 0 Å². The van der Waals surface area contributed by atoms with Crippen LogP contribution in [-0.4, -0.2) is 18.8 Å². The summed E-state index contributed by atoms with van der Waals surface area (Å²) in [6.07, 6.45) is 3.86. The predicted octanol–water partition coefficient (Wildman–Crippen LogP) is 3.71. The molecule has 0 saturated carbocycles. The SMILES string of the molecule is CC(CC1CCCO1)Nc1ccccc1Cl. The van der Waals surface area contributed by atoms with Gasteiger partial charge in [0.2, 0.25) is 0 Å². The maximum Gasteiger partial charge on any atom is 0.0637 e. The van der Waals surface area contributed by atoms with Gasteiger partial charge >= 0.3 is 0 Å². The van der Waals surface area contributed by atoms with Gasteiger partial charge < -0.3 is 10.1 Å². The second kappa shape index (κ2) is 5.55. The third-order valence-electron chi connectivity index (χ3n) is 2.92. The largest absolute Gasteiger partial charge is 0.381 e. The van der Waals surface area contributed by atoms with E-state index in [1.54, 1.807) is 0 Å². The normalized spacial score (nSPS) is 22.0. The third-order valence-corrected chi connectivity index (χ3v) is 3.25. The van der Waals surface area contributed by atoms with E-state index in [-0.39, 0.29) is 0 Å². The highest BCUT2D eigenvalue weighted by Gasteiger charge is 2.18. The molecule has 2 rings (SSSR count). The molecule has 2 unspecified atom stereocenters. The maximum absolute atomic E-state index is 6.09. The Morgan fingerprint density at radius 1 is 1.50 bits per heavy atom. The first-order valence-corrected chi connectivity index (χ1v) is 6.26. The van der Waals surface area contributed by atoms with Gasteiger partial charge in [-0.1, -0.05) is 23.7 Å². The Balaban J connectivity index is 1.86. The van der Waals surface area contributed by atoms with Crippen LogP contribution in [0.5, 0.6) is 0 Å². The number of hydrogen-bond donors (Lipinski definition) is 1. The number of para-hydroxylation sites is 1. The van der Waals surface area contributed by atoms with Crippen LogP contribution in [0.15, 0.2) is 24.3 Å². The fourth-order valence-corrected chi connectivity index (χ4v) is 2.32. The van der Waals surface area contributed by atoms with Crippen LogP contribution in [0.3, 0.4) is 0 Å². The van der Waals surface area contributed by atoms with Crippen molar-refractivity contribution in [3.05, 3.63) is 29.3 Å². The standard InChI is InChI=1S/C13H18ClNO/c1-10(9-11-5-4-8-16-11)15-13-7-3-2-6-12(13)14/h2-3,6-7,10-11,15H,4-5,8-9H2,1H3. The Morgan fingerprint density at radius 2 is 2.31 bits per heavy atom. The molecule has 0 aromatic heterocycles. The number of nitrogens with one attached hydrogen (secondary N) is 1. The summed E-state index contributed by atoms with van der Waals surface area (Å²) < 4.78 is 5.62. The van der Waals surface area contributed by atoms with Crippen molar-refractivity contribution in [2.24, 2.45) is 0 Å². The highest BCUT2D eigenvalue weighted by Crippen LogP contribution is 2.23. The van der Waals surface area contributed by atoms with Gasteiger partial charge in [-0.15, -0.1) is 0 Å². The highest BCUT2D eigenvalue weighted by atomic mass is 35.5. The van der Waals surface area contributed by atoms with Gasteiger partial charge in [0, 0.05) is 12.6 Å². The quantitative estimate of drug-likeness (QED) is 0.865. The Hall–Kier alpha value is -0.730. The molecule has 88 valence electrons. The number of anilines is 1.